The number of nitrogens with one attached hydrogen (secondary N) is 1. The third-order valence-electron chi connectivity index (χ3n) is 2.44. The highest BCUT2D eigenvalue weighted by molar-refractivity contribution is 5.90. The maximum Gasteiger partial charge on any atom is 0.194 e. The molecule has 0 saturated carbocycles. The maximum absolute atomic E-state index is 11.1. The van der Waals surface area contributed by atoms with E-state index in [0.717, 1.165) is 0 Å². The molecule has 0 radical (unpaired) electrons. The summed E-state index contributed by atoms with van der Waals surface area (Å²) in [6.07, 6.45) is -4.51. The zero-order valence-corrected chi connectivity index (χ0v) is 9.58. The Labute approximate surface area is 97.8 Å². The molecule has 7 heteroatoms. The van der Waals surface area contributed by atoms with Gasteiger partial charge >= 0.3 is 0 Å². The summed E-state index contributed by atoms with van der Waals surface area (Å²) in [4.78, 5) is 17.6. The van der Waals surface area contributed by atoms with Gasteiger partial charge in [0.2, 0.25) is 0 Å². The fourth-order valence-electron chi connectivity index (χ4n) is 1.41. The summed E-state index contributed by atoms with van der Waals surface area (Å²) in [6, 6.07) is 0. The monoisotopic (exact) mass is 244 g/mol. The summed E-state index contributed by atoms with van der Waals surface area (Å²) in [7, 11) is 0. The lowest BCUT2D eigenvalue weighted by atomic mass is 10.0. The van der Waals surface area contributed by atoms with Gasteiger partial charge in [-0.3, -0.25) is 4.79 Å². The smallest absolute Gasteiger partial charge is 0.194 e. The van der Waals surface area contributed by atoms with E-state index in [1.54, 1.807) is 6.92 Å². The fourth-order valence-corrected chi connectivity index (χ4v) is 1.41. The molecule has 0 bridgehead atoms. The highest BCUT2D eigenvalue weighted by Gasteiger charge is 2.29. The van der Waals surface area contributed by atoms with Gasteiger partial charge in [0.05, 0.1) is 12.3 Å². The Morgan fingerprint density at radius 1 is 1.41 bits per heavy atom. The van der Waals surface area contributed by atoms with Gasteiger partial charge in [-0.2, -0.15) is 0 Å². The normalized spacial score (nSPS) is 16.6. The average molecular weight is 244 g/mol. The van der Waals surface area contributed by atoms with Crippen molar-refractivity contribution < 1.29 is 25.2 Å². The Balaban J connectivity index is 2.95. The van der Waals surface area contributed by atoms with E-state index < -0.39 is 24.9 Å². The molecule has 5 N–H and O–H groups in total. The van der Waals surface area contributed by atoms with Crippen molar-refractivity contribution in [2.45, 2.75) is 32.2 Å². The van der Waals surface area contributed by atoms with Crippen LogP contribution in [0.15, 0.2) is 0 Å². The maximum atomic E-state index is 11.1. The number of aromatic nitrogens is 2. The van der Waals surface area contributed by atoms with Crippen molar-refractivity contribution >= 4 is 5.78 Å². The summed E-state index contributed by atoms with van der Waals surface area (Å²) in [5.74, 6) is -0.231. The van der Waals surface area contributed by atoms with Crippen LogP contribution in [0.5, 0.6) is 0 Å². The molecule has 0 aliphatic carbocycles. The number of carbonyl (C=O) groups excluding carboxylic acids is 1. The van der Waals surface area contributed by atoms with E-state index in [1.165, 1.54) is 6.92 Å². The van der Waals surface area contributed by atoms with Crippen LogP contribution in [0.1, 0.15) is 35.0 Å². The predicted octanol–water partition coefficient (Wildman–Crippen LogP) is -1.33. The number of Topliss-reactive ketones (excluding diaryl/α,β-unsaturated/α-hetero) is 1. The predicted molar refractivity (Wildman–Crippen MR) is 57.4 cm³/mol. The van der Waals surface area contributed by atoms with Gasteiger partial charge in [-0.25, -0.2) is 4.98 Å². The van der Waals surface area contributed by atoms with Crippen molar-refractivity contribution in [2.24, 2.45) is 0 Å². The Kier molecular flexibility index (Phi) is 4.35. The lowest BCUT2D eigenvalue weighted by Crippen LogP contribution is -2.35. The van der Waals surface area contributed by atoms with E-state index in [1.807, 2.05) is 0 Å². The summed E-state index contributed by atoms with van der Waals surface area (Å²) in [6.45, 7) is 2.21. The minimum absolute atomic E-state index is 0.0715. The first-order chi connectivity index (χ1) is 7.88. The van der Waals surface area contributed by atoms with Crippen molar-refractivity contribution in [2.75, 3.05) is 6.61 Å². The quantitative estimate of drug-likeness (QED) is 0.408. The Morgan fingerprint density at radius 2 is 2.00 bits per heavy atom. The van der Waals surface area contributed by atoms with Crippen LogP contribution in [0.2, 0.25) is 0 Å². The number of H-pyrrole nitrogens is 1. The van der Waals surface area contributed by atoms with Crippen LogP contribution >= 0.6 is 0 Å². The number of aliphatic hydroxyl groups is 4. The SMILES string of the molecule is CC(=O)c1nc([C@@H](O)[C@H](O)[C@H](O)CO)c(C)[nH]1. The molecule has 1 aromatic heterocycles. The number of carbonyl (C=O) groups is 1. The second kappa shape index (κ2) is 5.37. The molecule has 96 valence electrons. The first kappa shape index (κ1) is 13.8. The van der Waals surface area contributed by atoms with Crippen LogP contribution < -0.4 is 0 Å². The van der Waals surface area contributed by atoms with Gasteiger partial charge in [0.15, 0.2) is 11.6 Å². The van der Waals surface area contributed by atoms with Crippen LogP contribution in [0.3, 0.4) is 0 Å². The lowest BCUT2D eigenvalue weighted by Gasteiger charge is -2.20. The van der Waals surface area contributed by atoms with Crippen LogP contribution in [-0.4, -0.2) is 55.0 Å². The molecular formula is C10H16N2O5. The number of hydrogen-bond donors (Lipinski definition) is 5. The van der Waals surface area contributed by atoms with Crippen LogP contribution in [0.25, 0.3) is 0 Å². The van der Waals surface area contributed by atoms with E-state index in [-0.39, 0.29) is 17.3 Å². The van der Waals surface area contributed by atoms with Gasteiger partial charge in [0.25, 0.3) is 0 Å². The molecule has 0 aromatic carbocycles. The number of rotatable bonds is 5. The van der Waals surface area contributed by atoms with E-state index in [2.05, 4.69) is 9.97 Å². The molecule has 0 fully saturated rings. The van der Waals surface area contributed by atoms with Crippen LogP contribution in [0, 0.1) is 6.92 Å². The highest BCUT2D eigenvalue weighted by atomic mass is 16.4. The molecule has 0 aliphatic rings. The van der Waals surface area contributed by atoms with E-state index >= 15 is 0 Å². The number of imidazole rings is 1. The van der Waals surface area contributed by atoms with Crippen molar-refractivity contribution in [3.8, 4) is 0 Å². The molecule has 0 aliphatic heterocycles. The zero-order chi connectivity index (χ0) is 13.2. The van der Waals surface area contributed by atoms with E-state index in [9.17, 15) is 20.1 Å². The highest BCUT2D eigenvalue weighted by Crippen LogP contribution is 2.20. The molecule has 3 atom stereocenters. The number of nitrogens with zero attached hydrogens (tertiary/aromatic N) is 1. The third kappa shape index (κ3) is 2.89. The molecular weight excluding hydrogens is 228 g/mol. The first-order valence-electron chi connectivity index (χ1n) is 5.11. The summed E-state index contributed by atoms with van der Waals surface area (Å²) in [5, 5.41) is 37.1. The molecule has 1 aromatic rings. The Hall–Kier alpha value is -1.28. The molecule has 7 nitrogen and oxygen atoms in total. The molecule has 17 heavy (non-hydrogen) atoms. The molecule has 0 saturated heterocycles. The van der Waals surface area contributed by atoms with Crippen LogP contribution in [-0.2, 0) is 0 Å². The minimum atomic E-state index is -1.57. The van der Waals surface area contributed by atoms with Crippen molar-refractivity contribution in [1.29, 1.82) is 0 Å². The van der Waals surface area contributed by atoms with Gasteiger partial charge in [0.1, 0.15) is 18.3 Å². The summed E-state index contributed by atoms with van der Waals surface area (Å²) < 4.78 is 0. The van der Waals surface area contributed by atoms with E-state index in [4.69, 9.17) is 5.11 Å². The molecule has 0 unspecified atom stereocenters. The van der Waals surface area contributed by atoms with Crippen LogP contribution in [0.4, 0.5) is 0 Å². The molecule has 1 rings (SSSR count). The average Bonchev–Trinajstić information content (AvgIpc) is 2.68. The summed E-state index contributed by atoms with van der Waals surface area (Å²) in [5.41, 5.74) is 0.502. The molecule has 1 heterocycles. The standard InChI is InChI=1S/C10H16N2O5/c1-4-7(12-10(11-4)5(2)14)9(17)8(16)6(15)3-13/h6,8-9,13,15-17H,3H2,1-2H3,(H,11,12)/t6-,8-,9-/m1/s1. The summed E-state index contributed by atoms with van der Waals surface area (Å²) >= 11 is 0. The van der Waals surface area contributed by atoms with Gasteiger partial charge < -0.3 is 25.4 Å². The zero-order valence-electron chi connectivity index (χ0n) is 9.58. The molecule has 0 spiro atoms. The lowest BCUT2D eigenvalue weighted by molar-refractivity contribution is -0.0790. The van der Waals surface area contributed by atoms with Gasteiger partial charge in [-0.1, -0.05) is 0 Å². The first-order valence-corrected chi connectivity index (χ1v) is 5.11. The van der Waals surface area contributed by atoms with Gasteiger partial charge in [0, 0.05) is 12.6 Å². The van der Waals surface area contributed by atoms with Crippen molar-refractivity contribution in [1.82, 2.24) is 9.97 Å². The second-order valence-corrected chi connectivity index (χ2v) is 3.84. The topological polar surface area (TPSA) is 127 Å². The van der Waals surface area contributed by atoms with Crippen molar-refractivity contribution in [3.63, 3.8) is 0 Å². The third-order valence-corrected chi connectivity index (χ3v) is 2.44. The number of ketones is 1. The largest absolute Gasteiger partial charge is 0.394 e. The second-order valence-electron chi connectivity index (χ2n) is 3.84. The number of aryl methyl sites for hydroxylation is 1. The number of hydrogen-bond acceptors (Lipinski definition) is 6. The number of aromatic amines is 1. The minimum Gasteiger partial charge on any atom is -0.394 e. The number of aliphatic hydroxyl groups excluding tert-OH is 4. The van der Waals surface area contributed by atoms with E-state index in [0.29, 0.717) is 5.69 Å². The molecule has 0 amide bonds. The fraction of sp³-hybridized carbons (Fsp3) is 0.600. The van der Waals surface area contributed by atoms with Crippen molar-refractivity contribution in [3.05, 3.63) is 17.2 Å². The Bertz CT molecular complexity index is 403. The van der Waals surface area contributed by atoms with Gasteiger partial charge in [-0.05, 0) is 6.92 Å². The van der Waals surface area contributed by atoms with Gasteiger partial charge in [-0.15, -0.1) is 0 Å². The Morgan fingerprint density at radius 3 is 2.41 bits per heavy atom.